The summed E-state index contributed by atoms with van der Waals surface area (Å²) >= 11 is 1.55. The number of hydrogen-bond donors (Lipinski definition) is 1. The van der Waals surface area contributed by atoms with Gasteiger partial charge in [0.25, 0.3) is 0 Å². The molecular formula is C13H15NO3S. The van der Waals surface area contributed by atoms with E-state index in [9.17, 15) is 0 Å². The molecule has 0 saturated carbocycles. The van der Waals surface area contributed by atoms with E-state index in [1.165, 1.54) is 0 Å². The molecule has 0 spiro atoms. The van der Waals surface area contributed by atoms with Crippen LogP contribution >= 0.6 is 11.3 Å². The van der Waals surface area contributed by atoms with E-state index >= 15 is 0 Å². The Labute approximate surface area is 110 Å². The Kier molecular flexibility index (Phi) is 4.17. The van der Waals surface area contributed by atoms with E-state index in [1.54, 1.807) is 31.8 Å². The number of aromatic nitrogens is 1. The Morgan fingerprint density at radius 2 is 2.11 bits per heavy atom. The Bertz CT molecular complexity index is 525. The molecule has 0 radical (unpaired) electrons. The molecule has 0 amide bonds. The van der Waals surface area contributed by atoms with Gasteiger partial charge in [-0.05, 0) is 18.2 Å². The van der Waals surface area contributed by atoms with E-state index in [0.717, 1.165) is 26.9 Å². The first kappa shape index (κ1) is 12.9. The smallest absolute Gasteiger partial charge is 0.129 e. The van der Waals surface area contributed by atoms with Crippen LogP contribution in [0.15, 0.2) is 24.4 Å². The van der Waals surface area contributed by atoms with Gasteiger partial charge in [-0.3, -0.25) is 0 Å². The zero-order chi connectivity index (χ0) is 13.0. The first-order valence-electron chi connectivity index (χ1n) is 5.56. The molecule has 2 aromatic rings. The second-order valence-electron chi connectivity index (χ2n) is 3.67. The summed E-state index contributed by atoms with van der Waals surface area (Å²) in [5, 5.41) is 9.79. The molecule has 0 aliphatic carbocycles. The van der Waals surface area contributed by atoms with Gasteiger partial charge in [-0.25, -0.2) is 4.98 Å². The van der Waals surface area contributed by atoms with E-state index < -0.39 is 0 Å². The van der Waals surface area contributed by atoms with Gasteiger partial charge >= 0.3 is 0 Å². The Morgan fingerprint density at radius 1 is 1.28 bits per heavy atom. The van der Waals surface area contributed by atoms with Crippen molar-refractivity contribution in [2.24, 2.45) is 0 Å². The second-order valence-corrected chi connectivity index (χ2v) is 4.79. The number of hydrogen-bond acceptors (Lipinski definition) is 5. The number of aliphatic hydroxyl groups is 1. The van der Waals surface area contributed by atoms with Gasteiger partial charge in [-0.15, -0.1) is 11.3 Å². The van der Waals surface area contributed by atoms with Crippen LogP contribution in [0.3, 0.4) is 0 Å². The average Bonchev–Trinajstić information content (AvgIpc) is 2.87. The van der Waals surface area contributed by atoms with Crippen molar-refractivity contribution in [2.75, 3.05) is 20.8 Å². The molecule has 0 bridgehead atoms. The highest BCUT2D eigenvalue weighted by atomic mass is 32.1. The molecule has 1 N–H and O–H groups in total. The fourth-order valence-electron chi connectivity index (χ4n) is 1.64. The van der Waals surface area contributed by atoms with Gasteiger partial charge in [0.15, 0.2) is 0 Å². The average molecular weight is 265 g/mol. The minimum Gasteiger partial charge on any atom is -0.497 e. The summed E-state index contributed by atoms with van der Waals surface area (Å²) in [6.45, 7) is 0.136. The molecule has 18 heavy (non-hydrogen) atoms. The summed E-state index contributed by atoms with van der Waals surface area (Å²) in [6.07, 6.45) is 2.42. The molecule has 0 saturated heterocycles. The number of thiazole rings is 1. The summed E-state index contributed by atoms with van der Waals surface area (Å²) in [5.41, 5.74) is 0.908. The Hall–Kier alpha value is -1.59. The molecule has 0 fully saturated rings. The van der Waals surface area contributed by atoms with Gasteiger partial charge in [0.05, 0.1) is 19.8 Å². The Morgan fingerprint density at radius 3 is 2.78 bits per heavy atom. The Balaban J connectivity index is 2.40. The van der Waals surface area contributed by atoms with E-state index in [4.69, 9.17) is 14.6 Å². The van der Waals surface area contributed by atoms with Crippen LogP contribution in [-0.2, 0) is 6.42 Å². The van der Waals surface area contributed by atoms with Crippen molar-refractivity contribution in [3.63, 3.8) is 0 Å². The SMILES string of the molecule is COc1ccc(OC)c(-c2ncc(CCO)s2)c1. The molecule has 5 heteroatoms. The third-order valence-electron chi connectivity index (χ3n) is 2.55. The summed E-state index contributed by atoms with van der Waals surface area (Å²) in [5.74, 6) is 1.53. The number of aliphatic hydroxyl groups excluding tert-OH is 1. The predicted molar refractivity (Wildman–Crippen MR) is 71.4 cm³/mol. The van der Waals surface area contributed by atoms with Crippen molar-refractivity contribution in [1.82, 2.24) is 4.98 Å². The topological polar surface area (TPSA) is 51.6 Å². The van der Waals surface area contributed by atoms with Crippen LogP contribution < -0.4 is 9.47 Å². The predicted octanol–water partition coefficient (Wildman–Crippen LogP) is 2.36. The molecule has 1 aromatic heterocycles. The number of benzene rings is 1. The normalized spacial score (nSPS) is 10.4. The van der Waals surface area contributed by atoms with Crippen LogP contribution in [0.2, 0.25) is 0 Å². The molecule has 4 nitrogen and oxygen atoms in total. The second kappa shape index (κ2) is 5.84. The summed E-state index contributed by atoms with van der Waals surface area (Å²) < 4.78 is 10.5. The molecule has 1 heterocycles. The van der Waals surface area contributed by atoms with Gasteiger partial charge in [0.2, 0.25) is 0 Å². The van der Waals surface area contributed by atoms with Gasteiger partial charge < -0.3 is 14.6 Å². The lowest BCUT2D eigenvalue weighted by Crippen LogP contribution is -1.89. The number of ether oxygens (including phenoxy) is 2. The van der Waals surface area contributed by atoms with Crippen molar-refractivity contribution in [2.45, 2.75) is 6.42 Å². The minimum absolute atomic E-state index is 0.136. The number of methoxy groups -OCH3 is 2. The zero-order valence-corrected chi connectivity index (χ0v) is 11.2. The number of nitrogens with zero attached hydrogens (tertiary/aromatic N) is 1. The first-order chi connectivity index (χ1) is 8.78. The van der Waals surface area contributed by atoms with Crippen molar-refractivity contribution in [1.29, 1.82) is 0 Å². The van der Waals surface area contributed by atoms with Crippen molar-refractivity contribution < 1.29 is 14.6 Å². The van der Waals surface area contributed by atoms with E-state index in [2.05, 4.69) is 4.98 Å². The summed E-state index contributed by atoms with van der Waals surface area (Å²) in [6, 6.07) is 5.62. The molecule has 0 aliphatic rings. The van der Waals surface area contributed by atoms with Crippen molar-refractivity contribution in [3.8, 4) is 22.1 Å². The third kappa shape index (κ3) is 2.63. The van der Waals surface area contributed by atoms with Crippen LogP contribution in [0.4, 0.5) is 0 Å². The standard InChI is InChI=1S/C13H15NO3S/c1-16-9-3-4-12(17-2)11(7-9)13-14-8-10(18-13)5-6-15/h3-4,7-8,15H,5-6H2,1-2H3. The van der Waals surface area contributed by atoms with E-state index in [-0.39, 0.29) is 6.61 Å². The fourth-order valence-corrected chi connectivity index (χ4v) is 2.56. The van der Waals surface area contributed by atoms with Crippen LogP contribution in [0.5, 0.6) is 11.5 Å². The van der Waals surface area contributed by atoms with Gasteiger partial charge in [0.1, 0.15) is 16.5 Å². The maximum Gasteiger partial charge on any atom is 0.129 e. The molecule has 1 aromatic carbocycles. The minimum atomic E-state index is 0.136. The maximum atomic E-state index is 8.92. The highest BCUT2D eigenvalue weighted by Gasteiger charge is 2.11. The highest BCUT2D eigenvalue weighted by molar-refractivity contribution is 7.15. The summed E-state index contributed by atoms with van der Waals surface area (Å²) in [4.78, 5) is 5.41. The fraction of sp³-hybridized carbons (Fsp3) is 0.308. The molecule has 0 unspecified atom stereocenters. The molecule has 0 atom stereocenters. The quantitative estimate of drug-likeness (QED) is 0.901. The largest absolute Gasteiger partial charge is 0.497 e. The van der Waals surface area contributed by atoms with E-state index in [0.29, 0.717) is 6.42 Å². The highest BCUT2D eigenvalue weighted by Crippen LogP contribution is 2.35. The molecule has 96 valence electrons. The monoisotopic (exact) mass is 265 g/mol. The lowest BCUT2D eigenvalue weighted by Gasteiger charge is -2.08. The van der Waals surface area contributed by atoms with Crippen LogP contribution in [0, 0.1) is 0 Å². The third-order valence-corrected chi connectivity index (χ3v) is 3.64. The van der Waals surface area contributed by atoms with Gasteiger partial charge in [-0.1, -0.05) is 0 Å². The molecular weight excluding hydrogens is 250 g/mol. The lowest BCUT2D eigenvalue weighted by molar-refractivity contribution is 0.300. The van der Waals surface area contributed by atoms with E-state index in [1.807, 2.05) is 18.2 Å². The van der Waals surface area contributed by atoms with Crippen LogP contribution in [-0.4, -0.2) is 30.9 Å². The molecule has 2 rings (SSSR count). The van der Waals surface area contributed by atoms with Crippen molar-refractivity contribution in [3.05, 3.63) is 29.3 Å². The zero-order valence-electron chi connectivity index (χ0n) is 10.3. The maximum absolute atomic E-state index is 8.92. The molecule has 0 aliphatic heterocycles. The van der Waals surface area contributed by atoms with Crippen LogP contribution in [0.1, 0.15) is 4.88 Å². The number of rotatable bonds is 5. The van der Waals surface area contributed by atoms with Crippen molar-refractivity contribution >= 4 is 11.3 Å². The van der Waals surface area contributed by atoms with Gasteiger partial charge in [0, 0.05) is 24.1 Å². The van der Waals surface area contributed by atoms with Crippen LogP contribution in [0.25, 0.3) is 10.6 Å². The summed E-state index contributed by atoms with van der Waals surface area (Å²) in [7, 11) is 3.26. The lowest BCUT2D eigenvalue weighted by atomic mass is 10.2. The first-order valence-corrected chi connectivity index (χ1v) is 6.38. The van der Waals surface area contributed by atoms with Gasteiger partial charge in [-0.2, -0.15) is 0 Å².